The van der Waals surface area contributed by atoms with Crippen molar-refractivity contribution in [1.82, 2.24) is 0 Å². The second-order valence-corrected chi connectivity index (χ2v) is 2.61. The van der Waals surface area contributed by atoms with Gasteiger partial charge in [-0.1, -0.05) is 0 Å². The van der Waals surface area contributed by atoms with Gasteiger partial charge in [0.25, 0.3) is 7.82 Å². The Labute approximate surface area is 84.5 Å². The molecule has 0 amide bonds. The van der Waals surface area contributed by atoms with Crippen molar-refractivity contribution in [1.29, 1.82) is 0 Å². The molecule has 1 unspecified atom stereocenters. The molecule has 0 rings (SSSR count). The van der Waals surface area contributed by atoms with E-state index >= 15 is 0 Å². The van der Waals surface area contributed by atoms with Crippen LogP contribution in [0.5, 0.6) is 0 Å². The molecule has 0 aliphatic carbocycles. The zero-order chi connectivity index (χ0) is 8.20. The Balaban J connectivity index is 0. The molecule has 0 aliphatic rings. The Bertz CT molecular complexity index is 167. The topological polar surface area (TPSA) is 86.7 Å². The van der Waals surface area contributed by atoms with Gasteiger partial charge in [0.2, 0.25) is 0 Å². The molecule has 0 aliphatic heterocycles. The molecule has 8 heteroatoms. The SMILES string of the molecule is O=C(CF)COP(=O)([O-])O.[Na+]. The molecule has 1 atom stereocenters. The molecule has 0 aromatic heterocycles. The molecule has 1 N–H and O–H groups in total. The molecule has 0 saturated carbocycles. The fourth-order valence-electron chi connectivity index (χ4n) is 0.192. The predicted octanol–water partition coefficient (Wildman–Crippen LogP) is -3.99. The molecule has 0 saturated heterocycles. The van der Waals surface area contributed by atoms with Gasteiger partial charge in [-0.2, -0.15) is 0 Å². The van der Waals surface area contributed by atoms with E-state index in [2.05, 4.69) is 4.52 Å². The minimum absolute atomic E-state index is 0. The van der Waals surface area contributed by atoms with Crippen LogP contribution in [0.2, 0.25) is 0 Å². The normalized spacial score (nSPS) is 14.8. The standard InChI is InChI=1S/C3H6FO5P.Na/c4-1-3(5)2-9-10(6,7)8;/h1-2H2,(H2,6,7,8);/q;+1/p-1. The fraction of sp³-hybridized carbons (Fsp3) is 0.667. The molecule has 0 aromatic rings. The molecule has 0 spiro atoms. The van der Waals surface area contributed by atoms with Crippen molar-refractivity contribution < 1.29 is 57.6 Å². The van der Waals surface area contributed by atoms with Gasteiger partial charge in [0.1, 0.15) is 6.61 Å². The molecule has 60 valence electrons. The first-order valence-electron chi connectivity index (χ1n) is 2.21. The number of rotatable bonds is 4. The van der Waals surface area contributed by atoms with Crippen molar-refractivity contribution in [2.75, 3.05) is 13.3 Å². The summed E-state index contributed by atoms with van der Waals surface area (Å²) >= 11 is 0. The zero-order valence-electron chi connectivity index (χ0n) is 5.82. The average Bonchev–Trinajstić information content (AvgIpc) is 1.81. The molecule has 0 bridgehead atoms. The van der Waals surface area contributed by atoms with E-state index in [1.165, 1.54) is 0 Å². The Morgan fingerprint density at radius 2 is 2.18 bits per heavy atom. The van der Waals surface area contributed by atoms with Crippen LogP contribution in [0.1, 0.15) is 0 Å². The molecular formula is C3H5FNaO5P. The van der Waals surface area contributed by atoms with E-state index < -0.39 is 26.9 Å². The van der Waals surface area contributed by atoms with Crippen molar-refractivity contribution in [3.63, 3.8) is 0 Å². The van der Waals surface area contributed by atoms with E-state index in [4.69, 9.17) is 4.89 Å². The minimum Gasteiger partial charge on any atom is -0.756 e. The smallest absolute Gasteiger partial charge is 0.756 e. The molecule has 11 heavy (non-hydrogen) atoms. The van der Waals surface area contributed by atoms with Crippen LogP contribution in [0.4, 0.5) is 4.39 Å². The Morgan fingerprint density at radius 3 is 2.45 bits per heavy atom. The van der Waals surface area contributed by atoms with Gasteiger partial charge in [0.15, 0.2) is 12.5 Å². The second-order valence-electron chi connectivity index (χ2n) is 1.41. The molecule has 0 fully saturated rings. The number of phosphoric acid groups is 1. The maximum absolute atomic E-state index is 11.3. The molecular weight excluding hydrogens is 189 g/mol. The first-order chi connectivity index (χ1) is 4.45. The third-order valence-corrected chi connectivity index (χ3v) is 0.993. The predicted molar refractivity (Wildman–Crippen MR) is 26.8 cm³/mol. The first-order valence-corrected chi connectivity index (χ1v) is 3.71. The summed E-state index contributed by atoms with van der Waals surface area (Å²) in [5.41, 5.74) is 0. The summed E-state index contributed by atoms with van der Waals surface area (Å²) < 4.78 is 24.5. The van der Waals surface area contributed by atoms with Gasteiger partial charge in [-0.3, -0.25) is 9.36 Å². The van der Waals surface area contributed by atoms with Gasteiger partial charge in [-0.25, -0.2) is 4.39 Å². The molecule has 0 aromatic carbocycles. The number of alkyl halides is 1. The minimum atomic E-state index is -4.87. The fourth-order valence-corrected chi connectivity index (χ4v) is 0.499. The van der Waals surface area contributed by atoms with Gasteiger partial charge >= 0.3 is 29.6 Å². The number of carbonyl (C=O) groups excluding carboxylic acids is 1. The quantitative estimate of drug-likeness (QED) is 0.364. The van der Waals surface area contributed by atoms with E-state index in [1.54, 1.807) is 0 Å². The van der Waals surface area contributed by atoms with Crippen LogP contribution in [0.3, 0.4) is 0 Å². The van der Waals surface area contributed by atoms with Gasteiger partial charge in [0, 0.05) is 0 Å². The van der Waals surface area contributed by atoms with Gasteiger partial charge < -0.3 is 14.3 Å². The number of Topliss-reactive ketones (excluding diaryl/α,β-unsaturated/α-hetero) is 1. The Hall–Kier alpha value is 0.710. The zero-order valence-corrected chi connectivity index (χ0v) is 8.71. The van der Waals surface area contributed by atoms with Crippen LogP contribution in [-0.2, 0) is 13.9 Å². The third-order valence-electron chi connectivity index (χ3n) is 0.538. The Kier molecular flexibility index (Phi) is 8.10. The van der Waals surface area contributed by atoms with E-state index in [0.29, 0.717) is 0 Å². The van der Waals surface area contributed by atoms with Crippen LogP contribution in [0.25, 0.3) is 0 Å². The number of hydrogen-bond acceptors (Lipinski definition) is 4. The average molecular weight is 194 g/mol. The molecule has 0 radical (unpaired) electrons. The second kappa shape index (κ2) is 6.25. The van der Waals surface area contributed by atoms with Crippen LogP contribution in [0, 0.1) is 0 Å². The van der Waals surface area contributed by atoms with E-state index in [-0.39, 0.29) is 29.6 Å². The maximum atomic E-state index is 11.3. The summed E-state index contributed by atoms with van der Waals surface area (Å²) in [5, 5.41) is 0. The molecule has 0 heterocycles. The summed E-state index contributed by atoms with van der Waals surface area (Å²) in [4.78, 5) is 27.6. The first kappa shape index (κ1) is 14.2. The summed E-state index contributed by atoms with van der Waals surface area (Å²) in [6.45, 7) is -2.26. The van der Waals surface area contributed by atoms with E-state index in [1.807, 2.05) is 0 Å². The van der Waals surface area contributed by atoms with Gasteiger partial charge in [0.05, 0.1) is 0 Å². The van der Waals surface area contributed by atoms with Crippen molar-refractivity contribution in [3.8, 4) is 0 Å². The van der Waals surface area contributed by atoms with Crippen molar-refractivity contribution in [2.24, 2.45) is 0 Å². The van der Waals surface area contributed by atoms with Gasteiger partial charge in [-0.05, 0) is 0 Å². The summed E-state index contributed by atoms with van der Waals surface area (Å²) in [6.07, 6.45) is 0. The summed E-state index contributed by atoms with van der Waals surface area (Å²) in [7, 11) is -4.87. The number of phosphoric ester groups is 1. The number of hydrogen-bond donors (Lipinski definition) is 1. The monoisotopic (exact) mass is 194 g/mol. The summed E-state index contributed by atoms with van der Waals surface area (Å²) in [5.74, 6) is -1.04. The van der Waals surface area contributed by atoms with Crippen LogP contribution >= 0.6 is 7.82 Å². The largest absolute Gasteiger partial charge is 1.00 e. The van der Waals surface area contributed by atoms with E-state index in [9.17, 15) is 18.6 Å². The van der Waals surface area contributed by atoms with Crippen molar-refractivity contribution in [3.05, 3.63) is 0 Å². The third kappa shape index (κ3) is 10.7. The van der Waals surface area contributed by atoms with Crippen molar-refractivity contribution >= 4 is 13.6 Å². The Morgan fingerprint density at radius 1 is 1.73 bits per heavy atom. The van der Waals surface area contributed by atoms with Crippen LogP contribution < -0.4 is 34.5 Å². The van der Waals surface area contributed by atoms with Crippen LogP contribution in [0.15, 0.2) is 0 Å². The van der Waals surface area contributed by atoms with Gasteiger partial charge in [-0.15, -0.1) is 0 Å². The summed E-state index contributed by atoms with van der Waals surface area (Å²) in [6, 6.07) is 0. The number of ketones is 1. The van der Waals surface area contributed by atoms with Crippen LogP contribution in [-0.4, -0.2) is 24.0 Å². The van der Waals surface area contributed by atoms with E-state index in [0.717, 1.165) is 0 Å². The number of halogens is 1. The maximum Gasteiger partial charge on any atom is 1.00 e. The van der Waals surface area contributed by atoms with Crippen molar-refractivity contribution in [2.45, 2.75) is 0 Å². The number of carbonyl (C=O) groups is 1. The molecule has 5 nitrogen and oxygen atoms in total.